The summed E-state index contributed by atoms with van der Waals surface area (Å²) in [5.41, 5.74) is 9.95. The second-order valence-electron chi connectivity index (χ2n) is 6.40. The number of hydrogen-bond donors (Lipinski definition) is 2. The normalized spacial score (nSPS) is 24.6. The summed E-state index contributed by atoms with van der Waals surface area (Å²) in [6, 6.07) is 8.21. The van der Waals surface area contributed by atoms with Crippen molar-refractivity contribution in [2.45, 2.75) is 63.5 Å². The maximum atomic E-state index is 5.22. The van der Waals surface area contributed by atoms with Crippen molar-refractivity contribution >= 4 is 0 Å². The lowest BCUT2D eigenvalue weighted by molar-refractivity contribution is 0.576. The zero-order valence-corrected chi connectivity index (χ0v) is 12.0. The summed E-state index contributed by atoms with van der Waals surface area (Å²) in [5, 5.41) is 3.66. The Labute approximate surface area is 116 Å². The minimum atomic E-state index is 0.583. The first-order valence-electron chi connectivity index (χ1n) is 7.81. The molecule has 4 rings (SSSR count). The topological polar surface area (TPSA) is 38.0 Å². The summed E-state index contributed by atoms with van der Waals surface area (Å²) < 4.78 is 0. The highest BCUT2D eigenvalue weighted by Crippen LogP contribution is 2.34. The minimum absolute atomic E-state index is 0.583. The van der Waals surface area contributed by atoms with Crippen LogP contribution in [0, 0.1) is 6.92 Å². The van der Waals surface area contributed by atoms with Crippen LogP contribution >= 0.6 is 0 Å². The SMILES string of the molecule is Cc1cccc2c1CCC2CNC1CC1.NC1CC1. The maximum Gasteiger partial charge on any atom is 0.00684 e. The van der Waals surface area contributed by atoms with Crippen molar-refractivity contribution in [1.82, 2.24) is 5.32 Å². The predicted octanol–water partition coefficient (Wildman–Crippen LogP) is 2.88. The van der Waals surface area contributed by atoms with Crippen LogP contribution in [-0.2, 0) is 6.42 Å². The molecule has 3 N–H and O–H groups in total. The molecule has 0 amide bonds. The fraction of sp³-hybridized carbons (Fsp3) is 0.647. The number of nitrogens with one attached hydrogen (secondary N) is 1. The molecule has 0 saturated heterocycles. The number of nitrogens with two attached hydrogens (primary N) is 1. The molecule has 2 fully saturated rings. The lowest BCUT2D eigenvalue weighted by atomic mass is 9.99. The van der Waals surface area contributed by atoms with Crippen LogP contribution in [0.2, 0.25) is 0 Å². The second-order valence-corrected chi connectivity index (χ2v) is 6.40. The molecule has 0 radical (unpaired) electrons. The van der Waals surface area contributed by atoms with Crippen molar-refractivity contribution in [3.8, 4) is 0 Å². The Morgan fingerprint density at radius 1 is 1.16 bits per heavy atom. The lowest BCUT2D eigenvalue weighted by Gasteiger charge is -2.12. The van der Waals surface area contributed by atoms with Gasteiger partial charge in [-0.3, -0.25) is 0 Å². The van der Waals surface area contributed by atoms with Gasteiger partial charge in [-0.15, -0.1) is 0 Å². The molecule has 2 nitrogen and oxygen atoms in total. The smallest absolute Gasteiger partial charge is 0.00684 e. The van der Waals surface area contributed by atoms with E-state index in [9.17, 15) is 0 Å². The van der Waals surface area contributed by atoms with Crippen LogP contribution in [0.5, 0.6) is 0 Å². The molecular weight excluding hydrogens is 232 g/mol. The van der Waals surface area contributed by atoms with Gasteiger partial charge in [0.2, 0.25) is 0 Å². The summed E-state index contributed by atoms with van der Waals surface area (Å²) in [5.74, 6) is 0.778. The van der Waals surface area contributed by atoms with E-state index in [1.54, 1.807) is 11.1 Å². The van der Waals surface area contributed by atoms with Gasteiger partial charge >= 0.3 is 0 Å². The summed E-state index contributed by atoms with van der Waals surface area (Å²) in [6.07, 6.45) is 7.96. The summed E-state index contributed by atoms with van der Waals surface area (Å²) in [7, 11) is 0. The van der Waals surface area contributed by atoms with Gasteiger partial charge in [0.1, 0.15) is 0 Å². The van der Waals surface area contributed by atoms with Crippen LogP contribution in [0.25, 0.3) is 0 Å². The van der Waals surface area contributed by atoms with E-state index in [0.29, 0.717) is 6.04 Å². The summed E-state index contributed by atoms with van der Waals surface area (Å²) in [6.45, 7) is 3.44. The molecule has 0 aliphatic heterocycles. The van der Waals surface area contributed by atoms with E-state index in [2.05, 4.69) is 30.4 Å². The Bertz CT molecular complexity index is 433. The van der Waals surface area contributed by atoms with E-state index in [1.165, 1.54) is 50.6 Å². The predicted molar refractivity (Wildman–Crippen MR) is 80.5 cm³/mol. The number of aryl methyl sites for hydroxylation is 1. The highest BCUT2D eigenvalue weighted by Gasteiger charge is 2.26. The molecule has 3 aliphatic carbocycles. The Morgan fingerprint density at radius 3 is 2.53 bits per heavy atom. The van der Waals surface area contributed by atoms with Gasteiger partial charge in [0.25, 0.3) is 0 Å². The summed E-state index contributed by atoms with van der Waals surface area (Å²) in [4.78, 5) is 0. The van der Waals surface area contributed by atoms with Gasteiger partial charge in [-0.05, 0) is 68.1 Å². The Morgan fingerprint density at radius 2 is 1.89 bits per heavy atom. The Hall–Kier alpha value is -0.860. The zero-order valence-electron chi connectivity index (χ0n) is 12.0. The molecule has 1 unspecified atom stereocenters. The molecule has 19 heavy (non-hydrogen) atoms. The molecule has 0 bridgehead atoms. The maximum absolute atomic E-state index is 5.22. The first kappa shape index (κ1) is 13.1. The monoisotopic (exact) mass is 258 g/mol. The third-order valence-corrected chi connectivity index (χ3v) is 4.48. The first-order chi connectivity index (χ1) is 9.24. The third-order valence-electron chi connectivity index (χ3n) is 4.48. The largest absolute Gasteiger partial charge is 0.328 e. The lowest BCUT2D eigenvalue weighted by Crippen LogP contribution is -2.22. The molecule has 0 heterocycles. The molecule has 0 spiro atoms. The second kappa shape index (κ2) is 5.64. The van der Waals surface area contributed by atoms with Crippen LogP contribution in [-0.4, -0.2) is 18.6 Å². The van der Waals surface area contributed by atoms with Crippen LogP contribution < -0.4 is 11.1 Å². The van der Waals surface area contributed by atoms with Crippen molar-refractivity contribution in [3.63, 3.8) is 0 Å². The molecule has 104 valence electrons. The van der Waals surface area contributed by atoms with Gasteiger partial charge in [-0.1, -0.05) is 18.2 Å². The van der Waals surface area contributed by atoms with Gasteiger partial charge in [-0.25, -0.2) is 0 Å². The molecule has 1 atom stereocenters. The number of hydrogen-bond acceptors (Lipinski definition) is 2. The van der Waals surface area contributed by atoms with Crippen molar-refractivity contribution in [1.29, 1.82) is 0 Å². The third kappa shape index (κ3) is 3.58. The summed E-state index contributed by atoms with van der Waals surface area (Å²) >= 11 is 0. The Kier molecular flexibility index (Phi) is 3.90. The first-order valence-corrected chi connectivity index (χ1v) is 7.81. The fourth-order valence-electron chi connectivity index (χ4n) is 2.83. The van der Waals surface area contributed by atoms with E-state index in [4.69, 9.17) is 5.73 Å². The van der Waals surface area contributed by atoms with Crippen molar-refractivity contribution < 1.29 is 0 Å². The standard InChI is InChI=1S/C14H19N.C3H7N/c1-10-3-2-4-14-11(5-8-13(10)14)9-15-12-6-7-12;4-3-1-2-3/h2-4,11-12,15H,5-9H2,1H3;3H,1-2,4H2. The van der Waals surface area contributed by atoms with E-state index in [1.807, 2.05) is 0 Å². The van der Waals surface area contributed by atoms with Crippen molar-refractivity contribution in [2.24, 2.45) is 5.73 Å². The Balaban J connectivity index is 0.000000237. The molecule has 1 aromatic carbocycles. The molecule has 3 aliphatic rings. The van der Waals surface area contributed by atoms with Crippen LogP contribution in [0.15, 0.2) is 18.2 Å². The van der Waals surface area contributed by atoms with Gasteiger partial charge in [0.15, 0.2) is 0 Å². The number of fused-ring (bicyclic) bond motifs is 1. The fourth-order valence-corrected chi connectivity index (χ4v) is 2.83. The van der Waals surface area contributed by atoms with Gasteiger partial charge in [0.05, 0.1) is 0 Å². The van der Waals surface area contributed by atoms with Crippen LogP contribution in [0.1, 0.15) is 54.7 Å². The van der Waals surface area contributed by atoms with E-state index < -0.39 is 0 Å². The average molecular weight is 258 g/mol. The number of rotatable bonds is 3. The zero-order chi connectivity index (χ0) is 13.2. The molecule has 2 heteroatoms. The van der Waals surface area contributed by atoms with Crippen molar-refractivity contribution in [2.75, 3.05) is 6.54 Å². The van der Waals surface area contributed by atoms with Gasteiger partial charge < -0.3 is 11.1 Å². The van der Waals surface area contributed by atoms with E-state index >= 15 is 0 Å². The average Bonchev–Trinajstić information content (AvgIpc) is 3.32. The number of benzene rings is 1. The van der Waals surface area contributed by atoms with E-state index in [-0.39, 0.29) is 0 Å². The van der Waals surface area contributed by atoms with Crippen molar-refractivity contribution in [3.05, 3.63) is 34.9 Å². The molecule has 1 aromatic rings. The van der Waals surface area contributed by atoms with Crippen LogP contribution in [0.4, 0.5) is 0 Å². The quantitative estimate of drug-likeness (QED) is 0.875. The minimum Gasteiger partial charge on any atom is -0.328 e. The van der Waals surface area contributed by atoms with Crippen LogP contribution in [0.3, 0.4) is 0 Å². The highest BCUT2D eigenvalue weighted by molar-refractivity contribution is 5.40. The molecular formula is C17H26N2. The van der Waals surface area contributed by atoms with Gasteiger partial charge in [-0.2, -0.15) is 0 Å². The highest BCUT2D eigenvalue weighted by atomic mass is 14.9. The molecule has 2 saturated carbocycles. The van der Waals surface area contributed by atoms with E-state index in [0.717, 1.165) is 12.0 Å². The van der Waals surface area contributed by atoms with Gasteiger partial charge in [0, 0.05) is 18.6 Å². The molecule has 0 aromatic heterocycles.